The predicted octanol–water partition coefficient (Wildman–Crippen LogP) is 0.956. The molecule has 0 radical (unpaired) electrons. The average Bonchev–Trinajstić information content (AvgIpc) is 2.81. The summed E-state index contributed by atoms with van der Waals surface area (Å²) < 4.78 is 10.2. The number of hydrogen-bond acceptors (Lipinski definition) is 4. The first-order valence-corrected chi connectivity index (χ1v) is 4.06. The van der Waals surface area contributed by atoms with E-state index in [4.69, 9.17) is 14.3 Å². The lowest BCUT2D eigenvalue weighted by Crippen LogP contribution is -1.99. The van der Waals surface area contributed by atoms with Crippen molar-refractivity contribution in [3.8, 4) is 6.08 Å². The van der Waals surface area contributed by atoms with Crippen molar-refractivity contribution >= 4 is 0 Å². The van der Waals surface area contributed by atoms with Crippen LogP contribution in [0.1, 0.15) is 18.5 Å². The monoisotopic (exact) mass is 169 g/mol. The molecule has 1 aromatic heterocycles. The van der Waals surface area contributed by atoms with Crippen molar-refractivity contribution in [2.45, 2.75) is 19.4 Å². The molecule has 4 heteroatoms. The molecule has 2 rings (SSSR count). The zero-order chi connectivity index (χ0) is 8.39. The van der Waals surface area contributed by atoms with E-state index >= 15 is 0 Å². The van der Waals surface area contributed by atoms with Crippen molar-refractivity contribution in [3.63, 3.8) is 0 Å². The molecule has 1 aliphatic rings. The van der Waals surface area contributed by atoms with E-state index in [-0.39, 0.29) is 12.7 Å². The van der Waals surface area contributed by atoms with Crippen LogP contribution in [-0.2, 0) is 6.61 Å². The zero-order valence-corrected chi connectivity index (χ0v) is 6.69. The molecular formula is C8H11NO3. The fraction of sp³-hybridized carbons (Fsp3) is 0.625. The van der Waals surface area contributed by atoms with E-state index in [1.54, 1.807) is 0 Å². The molecule has 0 spiro atoms. The summed E-state index contributed by atoms with van der Waals surface area (Å²) in [6.45, 7) is 0.585. The first kappa shape index (κ1) is 7.61. The highest BCUT2D eigenvalue weighted by atomic mass is 16.6. The third kappa shape index (κ3) is 1.76. The first-order chi connectivity index (χ1) is 5.88. The summed E-state index contributed by atoms with van der Waals surface area (Å²) in [6.07, 6.45) is 4.16. The van der Waals surface area contributed by atoms with Crippen LogP contribution >= 0.6 is 0 Å². The Labute approximate surface area is 70.2 Å². The van der Waals surface area contributed by atoms with Crippen LogP contribution < -0.4 is 4.74 Å². The minimum absolute atomic E-state index is 0.101. The summed E-state index contributed by atoms with van der Waals surface area (Å²) >= 11 is 0. The van der Waals surface area contributed by atoms with Crippen LogP contribution in [0.3, 0.4) is 0 Å². The normalized spacial score (nSPS) is 16.4. The molecule has 0 atom stereocenters. The summed E-state index contributed by atoms with van der Waals surface area (Å²) in [5.74, 6) is 0.689. The SMILES string of the molecule is OCc1coc(OCC2CC2)n1. The Kier molecular flexibility index (Phi) is 1.99. The lowest BCUT2D eigenvalue weighted by Gasteiger charge is -1.96. The summed E-state index contributed by atoms with van der Waals surface area (Å²) in [5.41, 5.74) is 0.515. The minimum Gasteiger partial charge on any atom is -0.450 e. The summed E-state index contributed by atoms with van der Waals surface area (Å²) in [7, 11) is 0. The van der Waals surface area contributed by atoms with Gasteiger partial charge in [-0.05, 0) is 18.8 Å². The summed E-state index contributed by atoms with van der Waals surface area (Å²) in [5, 5.41) is 8.66. The smallest absolute Gasteiger partial charge is 0.393 e. The quantitative estimate of drug-likeness (QED) is 0.729. The van der Waals surface area contributed by atoms with Gasteiger partial charge in [-0.2, -0.15) is 4.98 Å². The second kappa shape index (κ2) is 3.15. The topological polar surface area (TPSA) is 55.5 Å². The Hall–Kier alpha value is -1.03. The van der Waals surface area contributed by atoms with Gasteiger partial charge in [-0.25, -0.2) is 0 Å². The Morgan fingerprint density at radius 2 is 2.50 bits per heavy atom. The van der Waals surface area contributed by atoms with Gasteiger partial charge in [0.2, 0.25) is 0 Å². The van der Waals surface area contributed by atoms with E-state index in [2.05, 4.69) is 4.98 Å². The van der Waals surface area contributed by atoms with Crippen LogP contribution in [0.2, 0.25) is 0 Å². The second-order valence-corrected chi connectivity index (χ2v) is 3.02. The molecule has 0 aromatic carbocycles. The van der Waals surface area contributed by atoms with E-state index in [0.717, 1.165) is 0 Å². The van der Waals surface area contributed by atoms with Gasteiger partial charge in [0, 0.05) is 0 Å². The average molecular weight is 169 g/mol. The molecule has 0 bridgehead atoms. The second-order valence-electron chi connectivity index (χ2n) is 3.02. The van der Waals surface area contributed by atoms with E-state index in [1.165, 1.54) is 19.1 Å². The molecule has 1 saturated carbocycles. The van der Waals surface area contributed by atoms with E-state index < -0.39 is 0 Å². The number of hydrogen-bond donors (Lipinski definition) is 1. The highest BCUT2D eigenvalue weighted by molar-refractivity contribution is 4.98. The number of rotatable bonds is 4. The molecule has 0 unspecified atom stereocenters. The number of aromatic nitrogens is 1. The number of ether oxygens (including phenoxy) is 1. The first-order valence-electron chi connectivity index (χ1n) is 4.06. The molecule has 1 aromatic rings. The molecule has 1 fully saturated rings. The van der Waals surface area contributed by atoms with Crippen molar-refractivity contribution in [3.05, 3.63) is 12.0 Å². The van der Waals surface area contributed by atoms with Crippen LogP contribution in [-0.4, -0.2) is 16.7 Å². The standard InChI is InChI=1S/C8H11NO3/c10-3-7-5-12-8(9-7)11-4-6-1-2-6/h5-6,10H,1-4H2. The van der Waals surface area contributed by atoms with Crippen molar-refractivity contribution in [1.29, 1.82) is 0 Å². The van der Waals surface area contributed by atoms with Gasteiger partial charge in [-0.3, -0.25) is 0 Å². The predicted molar refractivity (Wildman–Crippen MR) is 40.6 cm³/mol. The molecule has 1 heterocycles. The zero-order valence-electron chi connectivity index (χ0n) is 6.69. The highest BCUT2D eigenvalue weighted by Gasteiger charge is 2.22. The molecule has 4 nitrogen and oxygen atoms in total. The van der Waals surface area contributed by atoms with Gasteiger partial charge < -0.3 is 14.3 Å². The molecule has 12 heavy (non-hydrogen) atoms. The molecule has 1 N–H and O–H groups in total. The largest absolute Gasteiger partial charge is 0.450 e. The molecule has 0 aliphatic heterocycles. The number of nitrogens with zero attached hydrogens (tertiary/aromatic N) is 1. The van der Waals surface area contributed by atoms with Gasteiger partial charge in [-0.1, -0.05) is 0 Å². The number of aliphatic hydroxyl groups is 1. The van der Waals surface area contributed by atoms with Gasteiger partial charge in [0.15, 0.2) is 0 Å². The minimum atomic E-state index is -0.101. The Morgan fingerprint density at radius 3 is 3.08 bits per heavy atom. The van der Waals surface area contributed by atoms with Crippen LogP contribution in [0.4, 0.5) is 0 Å². The molecule has 0 amide bonds. The Balaban J connectivity index is 1.84. The van der Waals surface area contributed by atoms with Gasteiger partial charge >= 0.3 is 6.08 Å². The van der Waals surface area contributed by atoms with Gasteiger partial charge in [0.05, 0.1) is 13.2 Å². The van der Waals surface area contributed by atoms with Crippen LogP contribution in [0.5, 0.6) is 6.08 Å². The highest BCUT2D eigenvalue weighted by Crippen LogP contribution is 2.29. The molecule has 0 saturated heterocycles. The van der Waals surface area contributed by atoms with Crippen molar-refractivity contribution in [2.75, 3.05) is 6.61 Å². The Bertz CT molecular complexity index is 255. The van der Waals surface area contributed by atoms with Crippen molar-refractivity contribution < 1.29 is 14.3 Å². The summed E-state index contributed by atoms with van der Waals surface area (Å²) in [6, 6.07) is 0. The van der Waals surface area contributed by atoms with E-state index in [0.29, 0.717) is 18.2 Å². The number of oxazole rings is 1. The van der Waals surface area contributed by atoms with Crippen molar-refractivity contribution in [1.82, 2.24) is 4.98 Å². The van der Waals surface area contributed by atoms with Crippen molar-refractivity contribution in [2.24, 2.45) is 5.92 Å². The van der Waals surface area contributed by atoms with Crippen LogP contribution in [0.15, 0.2) is 10.7 Å². The fourth-order valence-corrected chi connectivity index (χ4v) is 0.901. The molecule has 66 valence electrons. The fourth-order valence-electron chi connectivity index (χ4n) is 0.901. The van der Waals surface area contributed by atoms with E-state index in [1.807, 2.05) is 0 Å². The maximum atomic E-state index is 8.66. The number of aliphatic hydroxyl groups excluding tert-OH is 1. The van der Waals surface area contributed by atoms with Gasteiger partial charge in [-0.15, -0.1) is 0 Å². The van der Waals surface area contributed by atoms with Gasteiger partial charge in [0.1, 0.15) is 12.0 Å². The van der Waals surface area contributed by atoms with E-state index in [9.17, 15) is 0 Å². The third-order valence-corrected chi connectivity index (χ3v) is 1.83. The van der Waals surface area contributed by atoms with Crippen LogP contribution in [0.25, 0.3) is 0 Å². The lowest BCUT2D eigenvalue weighted by molar-refractivity contribution is 0.219. The summed E-state index contributed by atoms with van der Waals surface area (Å²) in [4.78, 5) is 3.89. The molecule has 1 aliphatic carbocycles. The molecular weight excluding hydrogens is 158 g/mol. The maximum absolute atomic E-state index is 8.66. The Morgan fingerprint density at radius 1 is 1.67 bits per heavy atom. The third-order valence-electron chi connectivity index (χ3n) is 1.83. The maximum Gasteiger partial charge on any atom is 0.393 e. The lowest BCUT2D eigenvalue weighted by atomic mass is 10.5. The van der Waals surface area contributed by atoms with Crippen LogP contribution in [0, 0.1) is 5.92 Å². The van der Waals surface area contributed by atoms with Gasteiger partial charge in [0.25, 0.3) is 0 Å².